The zero-order valence-electron chi connectivity index (χ0n) is 12.7. The number of halogens is 3. The normalized spacial score (nSPS) is 12.7. The second kappa shape index (κ2) is 6.76. The highest BCUT2D eigenvalue weighted by Gasteiger charge is 2.32. The maximum Gasteiger partial charge on any atom is 0.416 e. The molecule has 0 spiro atoms. The maximum absolute atomic E-state index is 12.9. The fraction of sp³-hybridized carbons (Fsp3) is 0.312. The van der Waals surface area contributed by atoms with Crippen LogP contribution in [0.2, 0.25) is 0 Å². The molecule has 1 aromatic heterocycles. The zero-order chi connectivity index (χ0) is 17.0. The molecule has 0 fully saturated rings. The van der Waals surface area contributed by atoms with E-state index in [0.717, 1.165) is 12.1 Å². The van der Waals surface area contributed by atoms with Crippen molar-refractivity contribution in [1.82, 2.24) is 9.97 Å². The van der Waals surface area contributed by atoms with Crippen molar-refractivity contribution in [2.75, 3.05) is 4.90 Å². The van der Waals surface area contributed by atoms with Crippen molar-refractivity contribution in [3.05, 3.63) is 54.1 Å². The lowest BCUT2D eigenvalue weighted by atomic mass is 10.1. The summed E-state index contributed by atoms with van der Waals surface area (Å²) in [6.07, 6.45) is 0.108. The molecule has 1 atom stereocenters. The van der Waals surface area contributed by atoms with Crippen LogP contribution in [0.4, 0.5) is 18.9 Å². The number of rotatable bonds is 4. The number of hydrogen-bond acceptors (Lipinski definition) is 3. The SMILES string of the molecule is CCC(C)N(C(=O)c1cncnc1)c1cccc(C(F)(F)F)c1. The average molecular weight is 323 g/mol. The second-order valence-electron chi connectivity index (χ2n) is 5.11. The first-order valence-corrected chi connectivity index (χ1v) is 7.10. The molecule has 0 saturated heterocycles. The fourth-order valence-electron chi connectivity index (χ4n) is 2.14. The summed E-state index contributed by atoms with van der Waals surface area (Å²) in [7, 11) is 0. The Balaban J connectivity index is 2.46. The second-order valence-corrected chi connectivity index (χ2v) is 5.11. The summed E-state index contributed by atoms with van der Waals surface area (Å²) in [6.45, 7) is 3.64. The lowest BCUT2D eigenvalue weighted by Gasteiger charge is -2.29. The molecule has 1 amide bonds. The van der Waals surface area contributed by atoms with Gasteiger partial charge in [0, 0.05) is 24.1 Å². The minimum atomic E-state index is -4.46. The molecular weight excluding hydrogens is 307 g/mol. The molecule has 2 rings (SSSR count). The van der Waals surface area contributed by atoms with Crippen LogP contribution >= 0.6 is 0 Å². The van der Waals surface area contributed by atoms with E-state index in [4.69, 9.17) is 0 Å². The van der Waals surface area contributed by atoms with E-state index in [2.05, 4.69) is 9.97 Å². The maximum atomic E-state index is 12.9. The van der Waals surface area contributed by atoms with E-state index in [-0.39, 0.29) is 17.3 Å². The van der Waals surface area contributed by atoms with E-state index in [1.165, 1.54) is 35.8 Å². The number of aromatic nitrogens is 2. The van der Waals surface area contributed by atoms with Crippen LogP contribution < -0.4 is 4.90 Å². The summed E-state index contributed by atoms with van der Waals surface area (Å²) >= 11 is 0. The molecule has 0 aliphatic rings. The van der Waals surface area contributed by atoms with Gasteiger partial charge in [0.15, 0.2) is 0 Å². The third kappa shape index (κ3) is 3.85. The summed E-state index contributed by atoms with van der Waals surface area (Å²) in [4.78, 5) is 21.6. The Morgan fingerprint density at radius 1 is 1.26 bits per heavy atom. The third-order valence-electron chi connectivity index (χ3n) is 3.51. The highest BCUT2D eigenvalue weighted by atomic mass is 19.4. The number of carbonyl (C=O) groups excluding carboxylic acids is 1. The van der Waals surface area contributed by atoms with Crippen molar-refractivity contribution in [3.8, 4) is 0 Å². The zero-order valence-corrected chi connectivity index (χ0v) is 12.7. The Morgan fingerprint density at radius 2 is 1.91 bits per heavy atom. The van der Waals surface area contributed by atoms with Crippen LogP contribution in [0.1, 0.15) is 36.2 Å². The molecule has 0 aliphatic heterocycles. The first kappa shape index (κ1) is 16.9. The van der Waals surface area contributed by atoms with E-state index in [1.54, 1.807) is 6.92 Å². The number of hydrogen-bond donors (Lipinski definition) is 0. The van der Waals surface area contributed by atoms with Crippen LogP contribution in [0.25, 0.3) is 0 Å². The van der Waals surface area contributed by atoms with Gasteiger partial charge in [0.1, 0.15) is 6.33 Å². The lowest BCUT2D eigenvalue weighted by molar-refractivity contribution is -0.137. The van der Waals surface area contributed by atoms with Crippen molar-refractivity contribution in [2.45, 2.75) is 32.5 Å². The largest absolute Gasteiger partial charge is 0.416 e. The van der Waals surface area contributed by atoms with Crippen LogP contribution in [0, 0.1) is 0 Å². The van der Waals surface area contributed by atoms with Gasteiger partial charge in [0.05, 0.1) is 11.1 Å². The Kier molecular flexibility index (Phi) is 4.98. The van der Waals surface area contributed by atoms with Crippen molar-refractivity contribution < 1.29 is 18.0 Å². The molecular formula is C16H16F3N3O. The molecule has 23 heavy (non-hydrogen) atoms. The van der Waals surface area contributed by atoms with Crippen molar-refractivity contribution >= 4 is 11.6 Å². The summed E-state index contributed by atoms with van der Waals surface area (Å²) in [5.74, 6) is -0.431. The van der Waals surface area contributed by atoms with Gasteiger partial charge >= 0.3 is 6.18 Å². The number of alkyl halides is 3. The number of anilines is 1. The first-order chi connectivity index (χ1) is 10.8. The fourth-order valence-corrected chi connectivity index (χ4v) is 2.14. The molecule has 4 nitrogen and oxygen atoms in total. The quantitative estimate of drug-likeness (QED) is 0.856. The highest BCUT2D eigenvalue weighted by molar-refractivity contribution is 6.06. The van der Waals surface area contributed by atoms with Crippen molar-refractivity contribution in [3.63, 3.8) is 0 Å². The van der Waals surface area contributed by atoms with Gasteiger partial charge in [-0.2, -0.15) is 13.2 Å². The lowest BCUT2D eigenvalue weighted by Crippen LogP contribution is -2.38. The molecule has 2 aromatic rings. The van der Waals surface area contributed by atoms with Crippen LogP contribution in [0.15, 0.2) is 43.0 Å². The van der Waals surface area contributed by atoms with Gasteiger partial charge in [-0.3, -0.25) is 4.79 Å². The topological polar surface area (TPSA) is 46.1 Å². The number of amides is 1. The standard InChI is InChI=1S/C16H16F3N3O/c1-3-11(2)22(15(23)12-8-20-10-21-9-12)14-6-4-5-13(7-14)16(17,18)19/h4-11H,3H2,1-2H3. The van der Waals surface area contributed by atoms with E-state index in [0.29, 0.717) is 6.42 Å². The Bertz CT molecular complexity index is 674. The molecule has 1 aromatic carbocycles. The first-order valence-electron chi connectivity index (χ1n) is 7.10. The smallest absolute Gasteiger partial charge is 0.305 e. The molecule has 1 unspecified atom stereocenters. The van der Waals surface area contributed by atoms with E-state index in [9.17, 15) is 18.0 Å². The number of nitrogens with zero attached hydrogens (tertiary/aromatic N) is 3. The molecule has 7 heteroatoms. The molecule has 1 heterocycles. The van der Waals surface area contributed by atoms with Crippen LogP contribution in [0.3, 0.4) is 0 Å². The van der Waals surface area contributed by atoms with Crippen LogP contribution in [-0.2, 0) is 6.18 Å². The van der Waals surface area contributed by atoms with E-state index >= 15 is 0 Å². The van der Waals surface area contributed by atoms with Gasteiger partial charge < -0.3 is 4.90 Å². The van der Waals surface area contributed by atoms with Crippen LogP contribution in [-0.4, -0.2) is 21.9 Å². The van der Waals surface area contributed by atoms with Gasteiger partial charge in [-0.25, -0.2) is 9.97 Å². The monoisotopic (exact) mass is 323 g/mol. The van der Waals surface area contributed by atoms with E-state index < -0.39 is 17.6 Å². The van der Waals surface area contributed by atoms with Gasteiger partial charge in [-0.15, -0.1) is 0 Å². The summed E-state index contributed by atoms with van der Waals surface area (Å²) in [5.41, 5.74) is -0.367. The predicted molar refractivity (Wildman–Crippen MR) is 80.0 cm³/mol. The summed E-state index contributed by atoms with van der Waals surface area (Å²) in [6, 6.07) is 4.47. The Hall–Kier alpha value is -2.44. The van der Waals surface area contributed by atoms with Crippen molar-refractivity contribution in [2.24, 2.45) is 0 Å². The highest BCUT2D eigenvalue weighted by Crippen LogP contribution is 2.32. The van der Waals surface area contributed by atoms with Gasteiger partial charge in [-0.1, -0.05) is 13.0 Å². The Morgan fingerprint density at radius 3 is 2.48 bits per heavy atom. The predicted octanol–water partition coefficient (Wildman–Crippen LogP) is 3.94. The van der Waals surface area contributed by atoms with Gasteiger partial charge in [0.2, 0.25) is 0 Å². The Labute approximate surface area is 132 Å². The molecule has 122 valence electrons. The van der Waals surface area contributed by atoms with Gasteiger partial charge in [-0.05, 0) is 31.5 Å². The van der Waals surface area contributed by atoms with Crippen molar-refractivity contribution in [1.29, 1.82) is 0 Å². The molecule has 0 radical (unpaired) electrons. The third-order valence-corrected chi connectivity index (χ3v) is 3.51. The summed E-state index contributed by atoms with van der Waals surface area (Å²) < 4.78 is 38.7. The van der Waals surface area contributed by atoms with Crippen LogP contribution in [0.5, 0.6) is 0 Å². The molecule has 0 aliphatic carbocycles. The molecule has 0 bridgehead atoms. The van der Waals surface area contributed by atoms with Gasteiger partial charge in [0.25, 0.3) is 5.91 Å². The van der Waals surface area contributed by atoms with E-state index in [1.807, 2.05) is 6.92 Å². The minimum Gasteiger partial charge on any atom is -0.305 e. The summed E-state index contributed by atoms with van der Waals surface area (Å²) in [5, 5.41) is 0. The number of carbonyl (C=O) groups is 1. The average Bonchev–Trinajstić information content (AvgIpc) is 2.55. The number of benzene rings is 1. The molecule has 0 saturated carbocycles. The minimum absolute atomic E-state index is 0.197. The molecule has 0 N–H and O–H groups in total.